The van der Waals surface area contributed by atoms with Crippen molar-refractivity contribution >= 4 is 11.8 Å². The third kappa shape index (κ3) is 4.55. The number of nitrogens with one attached hydrogen (secondary N) is 1. The quantitative estimate of drug-likeness (QED) is 0.788. The molecular weight excluding hydrogens is 330 g/mol. The number of carbonyl (C=O) groups excluding carboxylic acids is 2. The SMILES string of the molecule is CCCCOc1ccc(C(=O)N2CCCC(N3CCNCC3=O)C2)cc1. The van der Waals surface area contributed by atoms with Crippen molar-refractivity contribution in [3.8, 4) is 5.75 Å². The van der Waals surface area contributed by atoms with Crippen LogP contribution in [0.4, 0.5) is 0 Å². The van der Waals surface area contributed by atoms with Crippen LogP contribution in [0.5, 0.6) is 5.75 Å². The minimum atomic E-state index is 0.0393. The summed E-state index contributed by atoms with van der Waals surface area (Å²) in [6.45, 7) is 6.18. The highest BCUT2D eigenvalue weighted by molar-refractivity contribution is 5.94. The molecule has 1 unspecified atom stereocenters. The van der Waals surface area contributed by atoms with Gasteiger partial charge in [0.25, 0.3) is 5.91 Å². The lowest BCUT2D eigenvalue weighted by Gasteiger charge is -2.41. The summed E-state index contributed by atoms with van der Waals surface area (Å²) in [4.78, 5) is 28.8. The van der Waals surface area contributed by atoms with Gasteiger partial charge >= 0.3 is 0 Å². The Labute approximate surface area is 155 Å². The second-order valence-electron chi connectivity index (χ2n) is 7.04. The van der Waals surface area contributed by atoms with E-state index in [0.29, 0.717) is 25.3 Å². The van der Waals surface area contributed by atoms with Gasteiger partial charge in [-0.1, -0.05) is 13.3 Å². The first-order valence-corrected chi connectivity index (χ1v) is 9.71. The lowest BCUT2D eigenvalue weighted by molar-refractivity contribution is -0.135. The minimum absolute atomic E-state index is 0.0393. The van der Waals surface area contributed by atoms with Gasteiger partial charge < -0.3 is 19.9 Å². The zero-order valence-electron chi connectivity index (χ0n) is 15.6. The first kappa shape index (κ1) is 18.7. The summed E-state index contributed by atoms with van der Waals surface area (Å²) in [6, 6.07) is 7.54. The van der Waals surface area contributed by atoms with Crippen molar-refractivity contribution in [1.82, 2.24) is 15.1 Å². The fraction of sp³-hybridized carbons (Fsp3) is 0.600. The van der Waals surface area contributed by atoms with E-state index in [2.05, 4.69) is 12.2 Å². The summed E-state index contributed by atoms with van der Waals surface area (Å²) in [7, 11) is 0. The molecule has 0 aromatic heterocycles. The molecule has 6 heteroatoms. The van der Waals surface area contributed by atoms with Crippen molar-refractivity contribution in [3.05, 3.63) is 29.8 Å². The number of likely N-dealkylation sites (tertiary alicyclic amines) is 1. The minimum Gasteiger partial charge on any atom is -0.494 e. The Morgan fingerprint density at radius 3 is 2.81 bits per heavy atom. The van der Waals surface area contributed by atoms with Crippen LogP contribution < -0.4 is 10.1 Å². The van der Waals surface area contributed by atoms with E-state index in [0.717, 1.165) is 51.1 Å². The molecule has 1 aromatic rings. The summed E-state index contributed by atoms with van der Waals surface area (Å²) in [6.07, 6.45) is 4.04. The fourth-order valence-electron chi connectivity index (χ4n) is 3.61. The first-order chi connectivity index (χ1) is 12.7. The van der Waals surface area contributed by atoms with Gasteiger partial charge in [0.2, 0.25) is 5.91 Å². The van der Waals surface area contributed by atoms with E-state index in [1.807, 2.05) is 34.1 Å². The van der Waals surface area contributed by atoms with Gasteiger partial charge in [-0.3, -0.25) is 9.59 Å². The topological polar surface area (TPSA) is 61.9 Å². The number of ether oxygens (including phenoxy) is 1. The molecule has 2 saturated heterocycles. The largest absolute Gasteiger partial charge is 0.494 e. The molecule has 2 fully saturated rings. The van der Waals surface area contributed by atoms with Crippen LogP contribution in [-0.2, 0) is 4.79 Å². The molecule has 2 aliphatic rings. The van der Waals surface area contributed by atoms with Gasteiger partial charge in [0.15, 0.2) is 0 Å². The van der Waals surface area contributed by atoms with Gasteiger partial charge in [0.05, 0.1) is 13.2 Å². The Morgan fingerprint density at radius 1 is 1.27 bits per heavy atom. The smallest absolute Gasteiger partial charge is 0.253 e. The molecule has 26 heavy (non-hydrogen) atoms. The van der Waals surface area contributed by atoms with Gasteiger partial charge in [0.1, 0.15) is 5.75 Å². The predicted octanol–water partition coefficient (Wildman–Crippen LogP) is 1.90. The van der Waals surface area contributed by atoms with Crippen LogP contribution in [0.15, 0.2) is 24.3 Å². The van der Waals surface area contributed by atoms with Crippen LogP contribution in [0.25, 0.3) is 0 Å². The van der Waals surface area contributed by atoms with Crippen molar-refractivity contribution < 1.29 is 14.3 Å². The molecular formula is C20H29N3O3. The molecule has 2 heterocycles. The highest BCUT2D eigenvalue weighted by atomic mass is 16.5. The lowest BCUT2D eigenvalue weighted by Crippen LogP contribution is -2.57. The van der Waals surface area contributed by atoms with Crippen LogP contribution in [0.2, 0.25) is 0 Å². The zero-order valence-corrected chi connectivity index (χ0v) is 15.6. The molecule has 1 aromatic carbocycles. The van der Waals surface area contributed by atoms with E-state index in [4.69, 9.17) is 4.74 Å². The van der Waals surface area contributed by atoms with E-state index in [-0.39, 0.29) is 17.9 Å². The third-order valence-electron chi connectivity index (χ3n) is 5.12. The van der Waals surface area contributed by atoms with Gasteiger partial charge in [-0.25, -0.2) is 0 Å². The first-order valence-electron chi connectivity index (χ1n) is 9.71. The van der Waals surface area contributed by atoms with Crippen LogP contribution >= 0.6 is 0 Å². The molecule has 142 valence electrons. The Morgan fingerprint density at radius 2 is 2.08 bits per heavy atom. The number of piperidine rings is 1. The van der Waals surface area contributed by atoms with E-state index in [1.54, 1.807) is 0 Å². The van der Waals surface area contributed by atoms with E-state index in [9.17, 15) is 9.59 Å². The molecule has 0 radical (unpaired) electrons. The van der Waals surface area contributed by atoms with Crippen molar-refractivity contribution in [2.24, 2.45) is 0 Å². The molecule has 6 nitrogen and oxygen atoms in total. The number of carbonyl (C=O) groups is 2. The molecule has 0 saturated carbocycles. The molecule has 3 rings (SSSR count). The van der Waals surface area contributed by atoms with Gasteiger partial charge in [-0.15, -0.1) is 0 Å². The third-order valence-corrected chi connectivity index (χ3v) is 5.12. The average Bonchev–Trinajstić information content (AvgIpc) is 2.69. The molecule has 2 amide bonds. The Kier molecular flexibility index (Phi) is 6.50. The summed E-state index contributed by atoms with van der Waals surface area (Å²) in [5.74, 6) is 0.986. The molecule has 1 N–H and O–H groups in total. The highest BCUT2D eigenvalue weighted by Gasteiger charge is 2.31. The number of piperazine rings is 1. The van der Waals surface area contributed by atoms with Gasteiger partial charge in [0, 0.05) is 37.8 Å². The normalized spacial score (nSPS) is 21.0. The summed E-state index contributed by atoms with van der Waals surface area (Å²) < 4.78 is 5.66. The van der Waals surface area contributed by atoms with Crippen molar-refractivity contribution in [1.29, 1.82) is 0 Å². The number of rotatable bonds is 6. The Hall–Kier alpha value is -2.08. The van der Waals surface area contributed by atoms with E-state index in [1.165, 1.54) is 0 Å². The maximum Gasteiger partial charge on any atom is 0.253 e. The summed E-state index contributed by atoms with van der Waals surface area (Å²) >= 11 is 0. The van der Waals surface area contributed by atoms with E-state index >= 15 is 0 Å². The molecule has 0 bridgehead atoms. The number of amides is 2. The lowest BCUT2D eigenvalue weighted by atomic mass is 10.0. The number of benzene rings is 1. The fourth-order valence-corrected chi connectivity index (χ4v) is 3.61. The number of hydrogen-bond acceptors (Lipinski definition) is 4. The molecule has 0 aliphatic carbocycles. The monoisotopic (exact) mass is 359 g/mol. The van der Waals surface area contributed by atoms with Crippen LogP contribution in [0.3, 0.4) is 0 Å². The highest BCUT2D eigenvalue weighted by Crippen LogP contribution is 2.20. The summed E-state index contributed by atoms with van der Waals surface area (Å²) in [5, 5.41) is 3.10. The Balaban J connectivity index is 1.59. The van der Waals surface area contributed by atoms with Gasteiger partial charge in [-0.2, -0.15) is 0 Å². The van der Waals surface area contributed by atoms with E-state index < -0.39 is 0 Å². The maximum atomic E-state index is 12.9. The van der Waals surface area contributed by atoms with Gasteiger partial charge in [-0.05, 0) is 43.5 Å². The Bertz CT molecular complexity index is 617. The molecule has 1 atom stereocenters. The average molecular weight is 359 g/mol. The van der Waals surface area contributed by atoms with Crippen molar-refractivity contribution in [2.45, 2.75) is 38.6 Å². The zero-order chi connectivity index (χ0) is 18.4. The van der Waals surface area contributed by atoms with Crippen molar-refractivity contribution in [2.75, 3.05) is 39.3 Å². The van der Waals surface area contributed by atoms with Crippen molar-refractivity contribution in [3.63, 3.8) is 0 Å². The number of unbranched alkanes of at least 4 members (excludes halogenated alkanes) is 1. The van der Waals surface area contributed by atoms with Crippen LogP contribution in [-0.4, -0.2) is 67.0 Å². The number of nitrogens with zero attached hydrogens (tertiary/aromatic N) is 2. The second kappa shape index (κ2) is 9.03. The maximum absolute atomic E-state index is 12.9. The van der Waals surface area contributed by atoms with Crippen LogP contribution in [0.1, 0.15) is 43.0 Å². The number of hydrogen-bond donors (Lipinski definition) is 1. The second-order valence-corrected chi connectivity index (χ2v) is 7.04. The van der Waals surface area contributed by atoms with Crippen LogP contribution in [0, 0.1) is 0 Å². The molecule has 0 spiro atoms. The standard InChI is InChI=1S/C20H29N3O3/c1-2-3-13-26-18-8-6-16(7-9-18)20(25)22-11-4-5-17(15-22)23-12-10-21-14-19(23)24/h6-9,17,21H,2-5,10-15H2,1H3. The molecule has 2 aliphatic heterocycles. The predicted molar refractivity (Wildman–Crippen MR) is 100 cm³/mol. The summed E-state index contributed by atoms with van der Waals surface area (Å²) in [5.41, 5.74) is 0.681.